The highest BCUT2D eigenvalue weighted by Crippen LogP contribution is 2.41. The van der Waals surface area contributed by atoms with Crippen molar-refractivity contribution in [1.29, 1.82) is 0 Å². The van der Waals surface area contributed by atoms with Crippen molar-refractivity contribution in [2.24, 2.45) is 0 Å². The first-order valence-electron chi connectivity index (χ1n) is 19.8. The summed E-state index contributed by atoms with van der Waals surface area (Å²) in [6, 6.07) is 70.2. The van der Waals surface area contributed by atoms with Crippen LogP contribution in [0.25, 0.3) is 77.2 Å². The molecule has 0 fully saturated rings. The van der Waals surface area contributed by atoms with Crippen molar-refractivity contribution >= 4 is 55.0 Å². The molecule has 0 aliphatic heterocycles. The van der Waals surface area contributed by atoms with Gasteiger partial charge in [-0.2, -0.15) is 0 Å². The smallest absolute Gasteiger partial charge is 0.0547 e. The maximum absolute atomic E-state index is 3.94. The number of hydrogen-bond donors (Lipinski definition) is 0. The SMILES string of the molecule is C=C/C=C\C(=C/C)N(c1ccc(-c2ccccc2)cc1)c1ccc(-n2c3ccccc3c3ccc(-c4cccc5c4c4ccccc4n5-c4ccccc4)cc32)cc1. The number of aromatic nitrogens is 2. The predicted molar refractivity (Wildman–Crippen MR) is 248 cm³/mol. The third kappa shape index (κ3) is 5.93. The first-order chi connectivity index (χ1) is 28.7. The number of hydrogen-bond acceptors (Lipinski definition) is 1. The van der Waals surface area contributed by atoms with Crippen LogP contribution in [0, 0.1) is 0 Å². The van der Waals surface area contributed by atoms with Crippen molar-refractivity contribution < 1.29 is 0 Å². The fraction of sp³-hybridized carbons (Fsp3) is 0.0182. The maximum Gasteiger partial charge on any atom is 0.0547 e. The van der Waals surface area contributed by atoms with E-state index in [0.717, 1.165) is 28.4 Å². The minimum absolute atomic E-state index is 1.06. The number of rotatable bonds is 9. The van der Waals surface area contributed by atoms with Crippen LogP contribution in [0.15, 0.2) is 231 Å². The molecule has 0 saturated carbocycles. The Morgan fingerprint density at radius 2 is 1.00 bits per heavy atom. The van der Waals surface area contributed by atoms with E-state index < -0.39 is 0 Å². The molecule has 0 atom stereocenters. The third-order valence-electron chi connectivity index (χ3n) is 11.3. The predicted octanol–water partition coefficient (Wildman–Crippen LogP) is 15.0. The molecule has 0 spiro atoms. The average Bonchev–Trinajstić information content (AvgIpc) is 3.81. The molecule has 58 heavy (non-hydrogen) atoms. The van der Waals surface area contributed by atoms with E-state index in [2.05, 4.69) is 234 Å². The summed E-state index contributed by atoms with van der Waals surface area (Å²) in [6.45, 7) is 6.02. The standard InChI is InChI=1S/C55H41N3/c1-3-5-19-42(4-2)56(44-31-28-40(29-32-44)39-17-8-6-9-18-39)45-33-35-46(36-34-45)58-51-25-14-12-22-48(51)49-37-30-41(38-54(49)58)47-24-16-27-53-55(47)50-23-13-15-26-52(50)57(53)43-20-10-7-11-21-43/h3-38H,1H2,2H3/b19-5-,42-4+. The molecule has 276 valence electrons. The topological polar surface area (TPSA) is 13.1 Å². The molecule has 3 heteroatoms. The largest absolute Gasteiger partial charge is 0.311 e. The Labute approximate surface area is 339 Å². The Kier molecular flexibility index (Phi) is 8.89. The molecule has 2 aromatic heterocycles. The molecule has 10 rings (SSSR count). The fourth-order valence-corrected chi connectivity index (χ4v) is 8.63. The zero-order valence-electron chi connectivity index (χ0n) is 32.3. The van der Waals surface area contributed by atoms with Gasteiger partial charge in [0.1, 0.15) is 0 Å². The highest BCUT2D eigenvalue weighted by atomic mass is 15.1. The van der Waals surface area contributed by atoms with Crippen molar-refractivity contribution in [3.05, 3.63) is 231 Å². The van der Waals surface area contributed by atoms with Crippen LogP contribution in [0.2, 0.25) is 0 Å². The van der Waals surface area contributed by atoms with E-state index in [1.165, 1.54) is 65.9 Å². The van der Waals surface area contributed by atoms with Crippen LogP contribution in [-0.2, 0) is 0 Å². The van der Waals surface area contributed by atoms with Crippen LogP contribution in [-0.4, -0.2) is 9.13 Å². The minimum atomic E-state index is 1.06. The number of fused-ring (bicyclic) bond motifs is 6. The molecule has 0 N–H and O–H groups in total. The van der Waals surface area contributed by atoms with Crippen LogP contribution in [0.4, 0.5) is 11.4 Å². The highest BCUT2D eigenvalue weighted by Gasteiger charge is 2.19. The molecular formula is C55H41N3. The summed E-state index contributed by atoms with van der Waals surface area (Å²) in [4.78, 5) is 2.30. The zero-order chi connectivity index (χ0) is 39.0. The molecule has 0 aliphatic rings. The summed E-state index contributed by atoms with van der Waals surface area (Å²) in [5.41, 5.74) is 15.0. The lowest BCUT2D eigenvalue weighted by molar-refractivity contribution is 1.16. The third-order valence-corrected chi connectivity index (χ3v) is 11.3. The van der Waals surface area contributed by atoms with Gasteiger partial charge >= 0.3 is 0 Å². The van der Waals surface area contributed by atoms with Gasteiger partial charge in [0.25, 0.3) is 0 Å². The lowest BCUT2D eigenvalue weighted by atomic mass is 9.98. The van der Waals surface area contributed by atoms with E-state index in [9.17, 15) is 0 Å². The molecule has 3 nitrogen and oxygen atoms in total. The molecule has 10 aromatic rings. The Morgan fingerprint density at radius 1 is 0.466 bits per heavy atom. The van der Waals surface area contributed by atoms with Gasteiger partial charge in [-0.25, -0.2) is 0 Å². The van der Waals surface area contributed by atoms with Crippen molar-refractivity contribution in [1.82, 2.24) is 9.13 Å². The summed E-state index contributed by atoms with van der Waals surface area (Å²) >= 11 is 0. The van der Waals surface area contributed by atoms with Gasteiger partial charge in [0.2, 0.25) is 0 Å². The monoisotopic (exact) mass is 743 g/mol. The molecule has 0 aliphatic carbocycles. The molecule has 0 amide bonds. The van der Waals surface area contributed by atoms with Gasteiger partial charge in [-0.1, -0.05) is 146 Å². The molecule has 0 radical (unpaired) electrons. The molecular weight excluding hydrogens is 703 g/mol. The maximum atomic E-state index is 3.94. The van der Waals surface area contributed by atoms with Crippen LogP contribution in [0.3, 0.4) is 0 Å². The number of benzene rings is 8. The van der Waals surface area contributed by atoms with Gasteiger partial charge in [-0.05, 0) is 108 Å². The van der Waals surface area contributed by atoms with Crippen LogP contribution in [0.1, 0.15) is 6.92 Å². The Hall–Kier alpha value is -7.62. The lowest BCUT2D eigenvalue weighted by Crippen LogP contribution is -2.15. The molecule has 0 saturated heterocycles. The molecule has 0 bridgehead atoms. The van der Waals surface area contributed by atoms with Gasteiger partial charge in [-0.15, -0.1) is 0 Å². The quantitative estimate of drug-likeness (QED) is 0.134. The van der Waals surface area contributed by atoms with Gasteiger partial charge in [0, 0.05) is 50.0 Å². The number of allylic oxidation sites excluding steroid dienone is 4. The van der Waals surface area contributed by atoms with Crippen molar-refractivity contribution in [2.75, 3.05) is 4.90 Å². The van der Waals surface area contributed by atoms with Gasteiger partial charge < -0.3 is 14.0 Å². The minimum Gasteiger partial charge on any atom is -0.311 e. The van der Waals surface area contributed by atoms with E-state index in [1.54, 1.807) is 0 Å². The number of nitrogens with zero attached hydrogens (tertiary/aromatic N) is 3. The summed E-state index contributed by atoms with van der Waals surface area (Å²) in [5, 5.41) is 4.97. The first kappa shape index (κ1) is 34.8. The zero-order valence-corrected chi connectivity index (χ0v) is 32.3. The second-order valence-corrected chi connectivity index (χ2v) is 14.5. The van der Waals surface area contributed by atoms with E-state index in [1.807, 2.05) is 12.2 Å². The Morgan fingerprint density at radius 3 is 1.71 bits per heavy atom. The van der Waals surface area contributed by atoms with Crippen molar-refractivity contribution in [3.63, 3.8) is 0 Å². The fourth-order valence-electron chi connectivity index (χ4n) is 8.63. The van der Waals surface area contributed by atoms with Crippen LogP contribution >= 0.6 is 0 Å². The average molecular weight is 744 g/mol. The van der Waals surface area contributed by atoms with E-state index in [4.69, 9.17) is 0 Å². The molecule has 8 aromatic carbocycles. The van der Waals surface area contributed by atoms with Crippen LogP contribution in [0.5, 0.6) is 0 Å². The van der Waals surface area contributed by atoms with E-state index >= 15 is 0 Å². The number of para-hydroxylation sites is 3. The highest BCUT2D eigenvalue weighted by molar-refractivity contribution is 6.17. The van der Waals surface area contributed by atoms with Crippen molar-refractivity contribution in [3.8, 4) is 33.6 Å². The van der Waals surface area contributed by atoms with Gasteiger partial charge in [0.05, 0.1) is 22.1 Å². The van der Waals surface area contributed by atoms with Gasteiger partial charge in [0.15, 0.2) is 0 Å². The summed E-state index contributed by atoms with van der Waals surface area (Å²) in [7, 11) is 0. The lowest BCUT2D eigenvalue weighted by Gasteiger charge is -2.27. The summed E-state index contributed by atoms with van der Waals surface area (Å²) < 4.78 is 4.80. The molecule has 0 unspecified atom stereocenters. The second kappa shape index (κ2) is 14.8. The Balaban J connectivity index is 1.11. The Bertz CT molecular complexity index is 3160. The van der Waals surface area contributed by atoms with E-state index in [0.29, 0.717) is 0 Å². The van der Waals surface area contributed by atoms with Crippen molar-refractivity contribution in [2.45, 2.75) is 6.92 Å². The van der Waals surface area contributed by atoms with Crippen LogP contribution < -0.4 is 4.90 Å². The number of anilines is 2. The normalized spacial score (nSPS) is 12.0. The second-order valence-electron chi connectivity index (χ2n) is 14.5. The molecule has 2 heterocycles. The first-order valence-corrected chi connectivity index (χ1v) is 19.8. The van der Waals surface area contributed by atoms with Gasteiger partial charge in [-0.3, -0.25) is 0 Å². The summed E-state index contributed by atoms with van der Waals surface area (Å²) in [6.07, 6.45) is 8.07. The van der Waals surface area contributed by atoms with E-state index in [-0.39, 0.29) is 0 Å². The summed E-state index contributed by atoms with van der Waals surface area (Å²) in [5.74, 6) is 0.